The Morgan fingerprint density at radius 3 is 3.08 bits per heavy atom. The predicted octanol–water partition coefficient (Wildman–Crippen LogP) is 0.465. The molecule has 0 aromatic heterocycles. The van der Waals surface area contributed by atoms with E-state index in [9.17, 15) is 4.79 Å². The van der Waals surface area contributed by atoms with Crippen LogP contribution in [0.2, 0.25) is 0 Å². The SMILES string of the molecule is O=C1NCCc2cc(CO)ccc21. The summed E-state index contributed by atoms with van der Waals surface area (Å²) in [5.41, 5.74) is 2.65. The molecule has 1 aromatic carbocycles. The molecule has 0 atom stereocenters. The number of amides is 1. The van der Waals surface area contributed by atoms with Crippen LogP contribution in [0, 0.1) is 0 Å². The number of carbonyl (C=O) groups excluding carboxylic acids is 1. The Kier molecular flexibility index (Phi) is 2.02. The summed E-state index contributed by atoms with van der Waals surface area (Å²) >= 11 is 0. The van der Waals surface area contributed by atoms with E-state index in [0.29, 0.717) is 6.54 Å². The molecular formula is C10H11NO2. The van der Waals surface area contributed by atoms with Gasteiger partial charge in [0.15, 0.2) is 0 Å². The van der Waals surface area contributed by atoms with Gasteiger partial charge in [-0.05, 0) is 23.6 Å². The molecule has 0 saturated carbocycles. The second kappa shape index (κ2) is 3.18. The average molecular weight is 177 g/mol. The van der Waals surface area contributed by atoms with Gasteiger partial charge >= 0.3 is 0 Å². The summed E-state index contributed by atoms with van der Waals surface area (Å²) in [5, 5.41) is 11.7. The van der Waals surface area contributed by atoms with E-state index in [1.807, 2.05) is 6.07 Å². The molecule has 0 saturated heterocycles. The largest absolute Gasteiger partial charge is 0.392 e. The third-order valence-electron chi connectivity index (χ3n) is 2.28. The van der Waals surface area contributed by atoms with Crippen LogP contribution in [0.15, 0.2) is 18.2 Å². The molecule has 0 bridgehead atoms. The first-order valence-corrected chi connectivity index (χ1v) is 4.32. The van der Waals surface area contributed by atoms with Gasteiger partial charge in [-0.15, -0.1) is 0 Å². The molecule has 2 rings (SSSR count). The Labute approximate surface area is 76.4 Å². The van der Waals surface area contributed by atoms with Crippen LogP contribution in [0.1, 0.15) is 21.5 Å². The minimum atomic E-state index is -0.00857. The van der Waals surface area contributed by atoms with Crippen LogP contribution in [-0.4, -0.2) is 17.6 Å². The fraction of sp³-hybridized carbons (Fsp3) is 0.300. The number of fused-ring (bicyclic) bond motifs is 1. The van der Waals surface area contributed by atoms with Gasteiger partial charge < -0.3 is 10.4 Å². The first-order valence-electron chi connectivity index (χ1n) is 4.32. The summed E-state index contributed by atoms with van der Waals surface area (Å²) in [6.07, 6.45) is 0.856. The molecule has 0 fully saturated rings. The van der Waals surface area contributed by atoms with Crippen LogP contribution in [-0.2, 0) is 13.0 Å². The van der Waals surface area contributed by atoms with Gasteiger partial charge in [-0.3, -0.25) is 4.79 Å². The molecule has 1 aromatic rings. The van der Waals surface area contributed by atoms with Crippen LogP contribution in [0.25, 0.3) is 0 Å². The van der Waals surface area contributed by atoms with E-state index >= 15 is 0 Å². The Morgan fingerprint density at radius 1 is 1.46 bits per heavy atom. The maximum atomic E-state index is 11.3. The van der Waals surface area contributed by atoms with Gasteiger partial charge in [-0.2, -0.15) is 0 Å². The Hall–Kier alpha value is -1.35. The molecule has 1 aliphatic rings. The van der Waals surface area contributed by atoms with Crippen LogP contribution in [0.3, 0.4) is 0 Å². The highest BCUT2D eigenvalue weighted by Crippen LogP contribution is 2.15. The molecule has 0 radical (unpaired) electrons. The molecule has 2 N–H and O–H groups in total. The van der Waals surface area contributed by atoms with Gasteiger partial charge in [0.2, 0.25) is 0 Å². The molecule has 1 aliphatic heterocycles. The average Bonchev–Trinajstić information content (AvgIpc) is 2.18. The highest BCUT2D eigenvalue weighted by molar-refractivity contribution is 5.96. The fourth-order valence-corrected chi connectivity index (χ4v) is 1.58. The lowest BCUT2D eigenvalue weighted by Crippen LogP contribution is -2.31. The summed E-state index contributed by atoms with van der Waals surface area (Å²) in [6.45, 7) is 0.732. The number of aliphatic hydroxyl groups is 1. The topological polar surface area (TPSA) is 49.3 Å². The normalized spacial score (nSPS) is 15.0. The zero-order chi connectivity index (χ0) is 9.26. The van der Waals surface area contributed by atoms with Crippen LogP contribution < -0.4 is 5.32 Å². The predicted molar refractivity (Wildman–Crippen MR) is 48.4 cm³/mol. The molecule has 68 valence electrons. The van der Waals surface area contributed by atoms with Gasteiger partial charge in [0.05, 0.1) is 6.61 Å². The molecule has 0 aliphatic carbocycles. The van der Waals surface area contributed by atoms with E-state index < -0.39 is 0 Å². The molecule has 3 nitrogen and oxygen atoms in total. The van der Waals surface area contributed by atoms with Crippen molar-refractivity contribution in [3.8, 4) is 0 Å². The van der Waals surface area contributed by atoms with Crippen LogP contribution in [0.4, 0.5) is 0 Å². The first-order chi connectivity index (χ1) is 6.31. The van der Waals surface area contributed by atoms with E-state index in [0.717, 1.165) is 23.1 Å². The third kappa shape index (κ3) is 1.42. The van der Waals surface area contributed by atoms with Gasteiger partial charge in [0.1, 0.15) is 0 Å². The Morgan fingerprint density at radius 2 is 2.31 bits per heavy atom. The fourth-order valence-electron chi connectivity index (χ4n) is 1.58. The van der Waals surface area contributed by atoms with Gasteiger partial charge in [-0.1, -0.05) is 12.1 Å². The van der Waals surface area contributed by atoms with Crippen molar-refractivity contribution in [2.24, 2.45) is 0 Å². The van der Waals surface area contributed by atoms with Crippen molar-refractivity contribution in [3.05, 3.63) is 34.9 Å². The molecule has 1 amide bonds. The van der Waals surface area contributed by atoms with E-state index in [4.69, 9.17) is 5.11 Å². The standard InChI is InChI=1S/C10H11NO2/c12-6-7-1-2-9-8(5-7)3-4-11-10(9)13/h1-2,5,12H,3-4,6H2,(H,11,13). The maximum absolute atomic E-state index is 11.3. The van der Waals surface area contributed by atoms with Crippen LogP contribution >= 0.6 is 0 Å². The lowest BCUT2D eigenvalue weighted by atomic mass is 9.98. The highest BCUT2D eigenvalue weighted by atomic mass is 16.3. The first kappa shape index (κ1) is 8.26. The maximum Gasteiger partial charge on any atom is 0.251 e. The monoisotopic (exact) mass is 177 g/mol. The van der Waals surface area contributed by atoms with Gasteiger partial charge in [-0.25, -0.2) is 0 Å². The highest BCUT2D eigenvalue weighted by Gasteiger charge is 2.15. The third-order valence-corrected chi connectivity index (χ3v) is 2.28. The quantitative estimate of drug-likeness (QED) is 0.655. The number of hydrogen-bond acceptors (Lipinski definition) is 2. The number of hydrogen-bond donors (Lipinski definition) is 2. The molecular weight excluding hydrogens is 166 g/mol. The van der Waals surface area contributed by atoms with E-state index in [2.05, 4.69) is 5.32 Å². The van der Waals surface area contributed by atoms with Gasteiger partial charge in [0, 0.05) is 12.1 Å². The summed E-state index contributed by atoms with van der Waals surface area (Å²) < 4.78 is 0. The van der Waals surface area contributed by atoms with Crippen LogP contribution in [0.5, 0.6) is 0 Å². The second-order valence-electron chi connectivity index (χ2n) is 3.16. The van der Waals surface area contributed by atoms with Crippen molar-refractivity contribution in [1.82, 2.24) is 5.32 Å². The van der Waals surface area contributed by atoms with Gasteiger partial charge in [0.25, 0.3) is 5.91 Å². The number of benzene rings is 1. The zero-order valence-corrected chi connectivity index (χ0v) is 7.21. The van der Waals surface area contributed by atoms with Crippen molar-refractivity contribution < 1.29 is 9.90 Å². The summed E-state index contributed by atoms with van der Waals surface area (Å²) in [6, 6.07) is 5.45. The number of rotatable bonds is 1. The summed E-state index contributed by atoms with van der Waals surface area (Å²) in [7, 11) is 0. The van der Waals surface area contributed by atoms with E-state index in [1.54, 1.807) is 12.1 Å². The smallest absolute Gasteiger partial charge is 0.251 e. The van der Waals surface area contributed by atoms with Crippen molar-refractivity contribution >= 4 is 5.91 Å². The molecule has 13 heavy (non-hydrogen) atoms. The molecule has 0 spiro atoms. The molecule has 0 unspecified atom stereocenters. The number of carbonyl (C=O) groups is 1. The Balaban J connectivity index is 2.45. The Bertz CT molecular complexity index is 347. The minimum absolute atomic E-state index is 0.00857. The zero-order valence-electron chi connectivity index (χ0n) is 7.21. The van der Waals surface area contributed by atoms with E-state index in [1.165, 1.54) is 0 Å². The van der Waals surface area contributed by atoms with Crippen molar-refractivity contribution in [2.75, 3.05) is 6.54 Å². The lowest BCUT2D eigenvalue weighted by molar-refractivity contribution is 0.0946. The number of nitrogens with one attached hydrogen (secondary N) is 1. The summed E-state index contributed by atoms with van der Waals surface area (Å²) in [4.78, 5) is 11.3. The number of aliphatic hydroxyl groups excluding tert-OH is 1. The minimum Gasteiger partial charge on any atom is -0.392 e. The van der Waals surface area contributed by atoms with Crippen molar-refractivity contribution in [2.45, 2.75) is 13.0 Å². The van der Waals surface area contributed by atoms with Crippen molar-refractivity contribution in [1.29, 1.82) is 0 Å². The lowest BCUT2D eigenvalue weighted by Gasteiger charge is -2.16. The summed E-state index contributed by atoms with van der Waals surface area (Å²) in [5.74, 6) is -0.00857. The van der Waals surface area contributed by atoms with Crippen molar-refractivity contribution in [3.63, 3.8) is 0 Å². The molecule has 3 heteroatoms. The second-order valence-corrected chi connectivity index (χ2v) is 3.16. The molecule has 1 heterocycles. The van der Waals surface area contributed by atoms with E-state index in [-0.39, 0.29) is 12.5 Å².